The number of nitrogens with zero attached hydrogens (tertiary/aromatic N) is 1. The van der Waals surface area contributed by atoms with E-state index in [1.807, 2.05) is 0 Å². The first-order valence-corrected chi connectivity index (χ1v) is 6.87. The fourth-order valence-corrected chi connectivity index (χ4v) is 2.05. The van der Waals surface area contributed by atoms with E-state index in [1.165, 1.54) is 27.5 Å². The highest BCUT2D eigenvalue weighted by atomic mass is 35.5. The fraction of sp³-hybridized carbons (Fsp3) is 0.250. The number of hydrogen-bond acceptors (Lipinski definition) is 6. The van der Waals surface area contributed by atoms with Crippen LogP contribution in [-0.2, 0) is 6.54 Å². The number of benzene rings is 1. The normalized spacial score (nSPS) is 9.62. The van der Waals surface area contributed by atoms with Crippen molar-refractivity contribution in [2.75, 3.05) is 27.1 Å². The second kappa shape index (κ2) is 8.83. The molecule has 0 atom stereocenters. The molecule has 1 amide bonds. The number of ether oxygens (including phenoxy) is 3. The molecule has 0 spiro atoms. The molecule has 1 aromatic carbocycles. The van der Waals surface area contributed by atoms with Gasteiger partial charge < -0.3 is 25.3 Å². The largest absolute Gasteiger partial charge is 0.493 e. The van der Waals surface area contributed by atoms with Crippen LogP contribution in [0.3, 0.4) is 0 Å². The summed E-state index contributed by atoms with van der Waals surface area (Å²) < 4.78 is 15.8. The van der Waals surface area contributed by atoms with Gasteiger partial charge in [0.1, 0.15) is 5.69 Å². The quantitative estimate of drug-likeness (QED) is 0.825. The summed E-state index contributed by atoms with van der Waals surface area (Å²) in [6.07, 6.45) is 1.44. The van der Waals surface area contributed by atoms with Crippen LogP contribution in [0.5, 0.6) is 17.2 Å². The van der Waals surface area contributed by atoms with Crippen molar-refractivity contribution in [3.63, 3.8) is 0 Å². The van der Waals surface area contributed by atoms with Crippen LogP contribution in [-0.4, -0.2) is 32.2 Å². The zero-order valence-electron chi connectivity index (χ0n) is 13.7. The lowest BCUT2D eigenvalue weighted by Crippen LogP contribution is -2.23. The zero-order valence-corrected chi connectivity index (χ0v) is 14.5. The summed E-state index contributed by atoms with van der Waals surface area (Å²) in [6, 6.07) is 6.75. The Morgan fingerprint density at radius 1 is 1.12 bits per heavy atom. The molecule has 0 bridgehead atoms. The Labute approximate surface area is 146 Å². The van der Waals surface area contributed by atoms with Crippen LogP contribution in [0.15, 0.2) is 30.5 Å². The van der Waals surface area contributed by atoms with Gasteiger partial charge in [-0.05, 0) is 29.8 Å². The molecule has 2 aromatic rings. The SMILES string of the molecule is COc1cc(CNC(=O)c2ccc(N)cn2)cc(OC)c1OC.Cl. The van der Waals surface area contributed by atoms with Crippen molar-refractivity contribution in [2.24, 2.45) is 0 Å². The van der Waals surface area contributed by atoms with Crippen molar-refractivity contribution in [3.05, 3.63) is 41.7 Å². The predicted octanol–water partition coefficient (Wildman–Crippen LogP) is 2.04. The summed E-state index contributed by atoms with van der Waals surface area (Å²) in [7, 11) is 4.62. The maximum atomic E-state index is 12.1. The third-order valence-corrected chi connectivity index (χ3v) is 3.20. The number of nitrogens with one attached hydrogen (secondary N) is 1. The minimum Gasteiger partial charge on any atom is -0.493 e. The highest BCUT2D eigenvalue weighted by molar-refractivity contribution is 5.92. The average Bonchev–Trinajstić information content (AvgIpc) is 2.59. The minimum absolute atomic E-state index is 0. The smallest absolute Gasteiger partial charge is 0.270 e. The Bertz CT molecular complexity index is 667. The van der Waals surface area contributed by atoms with Crippen molar-refractivity contribution in [1.82, 2.24) is 10.3 Å². The number of carbonyl (C=O) groups is 1. The van der Waals surface area contributed by atoms with E-state index in [2.05, 4.69) is 10.3 Å². The third kappa shape index (κ3) is 4.42. The van der Waals surface area contributed by atoms with Gasteiger partial charge in [-0.1, -0.05) is 0 Å². The first-order valence-electron chi connectivity index (χ1n) is 6.87. The molecule has 0 saturated carbocycles. The minimum atomic E-state index is -0.293. The van der Waals surface area contributed by atoms with Crippen LogP contribution in [0.2, 0.25) is 0 Å². The Balaban J connectivity index is 0.00000288. The van der Waals surface area contributed by atoms with Gasteiger partial charge in [-0.15, -0.1) is 12.4 Å². The first-order chi connectivity index (χ1) is 11.1. The molecule has 1 heterocycles. The number of hydrogen-bond donors (Lipinski definition) is 2. The molecule has 2 rings (SSSR count). The molecule has 0 aliphatic rings. The second-order valence-corrected chi connectivity index (χ2v) is 4.69. The zero-order chi connectivity index (χ0) is 16.8. The monoisotopic (exact) mass is 353 g/mol. The number of nitrogen functional groups attached to an aromatic ring is 1. The first kappa shape index (κ1) is 19.4. The van der Waals surface area contributed by atoms with Gasteiger partial charge in [0.25, 0.3) is 5.91 Å². The lowest BCUT2D eigenvalue weighted by Gasteiger charge is -2.14. The number of methoxy groups -OCH3 is 3. The molecule has 7 nitrogen and oxygen atoms in total. The number of pyridine rings is 1. The summed E-state index contributed by atoms with van der Waals surface area (Å²) in [5, 5.41) is 2.78. The number of anilines is 1. The summed E-state index contributed by atoms with van der Waals surface area (Å²) in [5.41, 5.74) is 7.16. The van der Waals surface area contributed by atoms with Gasteiger partial charge in [-0.2, -0.15) is 0 Å². The van der Waals surface area contributed by atoms with E-state index in [9.17, 15) is 4.79 Å². The van der Waals surface area contributed by atoms with Gasteiger partial charge in [0, 0.05) is 6.54 Å². The van der Waals surface area contributed by atoms with Gasteiger partial charge in [-0.3, -0.25) is 4.79 Å². The maximum Gasteiger partial charge on any atom is 0.270 e. The lowest BCUT2D eigenvalue weighted by molar-refractivity contribution is 0.0946. The Kier molecular flexibility index (Phi) is 7.13. The van der Waals surface area contributed by atoms with Crippen LogP contribution in [0.1, 0.15) is 16.1 Å². The maximum absolute atomic E-state index is 12.1. The molecular weight excluding hydrogens is 334 g/mol. The molecule has 0 aliphatic carbocycles. The van der Waals surface area contributed by atoms with E-state index in [1.54, 1.807) is 24.3 Å². The number of halogens is 1. The Morgan fingerprint density at radius 3 is 2.21 bits per heavy atom. The van der Waals surface area contributed by atoms with E-state index >= 15 is 0 Å². The Morgan fingerprint density at radius 2 is 1.75 bits per heavy atom. The number of carbonyl (C=O) groups excluding carboxylic acids is 1. The summed E-state index contributed by atoms with van der Waals surface area (Å²) in [5.74, 6) is 1.27. The molecule has 0 unspecified atom stereocenters. The highest BCUT2D eigenvalue weighted by Gasteiger charge is 2.14. The Hall–Kier alpha value is -2.67. The van der Waals surface area contributed by atoms with Crippen molar-refractivity contribution >= 4 is 24.0 Å². The van der Waals surface area contributed by atoms with E-state index in [4.69, 9.17) is 19.9 Å². The van der Waals surface area contributed by atoms with Crippen LogP contribution in [0.25, 0.3) is 0 Å². The van der Waals surface area contributed by atoms with Crippen LogP contribution < -0.4 is 25.3 Å². The van der Waals surface area contributed by atoms with E-state index in [0.29, 0.717) is 35.2 Å². The van der Waals surface area contributed by atoms with Gasteiger partial charge >= 0.3 is 0 Å². The molecule has 24 heavy (non-hydrogen) atoms. The number of nitrogens with two attached hydrogens (primary N) is 1. The van der Waals surface area contributed by atoms with Crippen molar-refractivity contribution in [3.8, 4) is 17.2 Å². The molecule has 0 aliphatic heterocycles. The molecule has 1 aromatic heterocycles. The summed E-state index contributed by atoms with van der Waals surface area (Å²) >= 11 is 0. The van der Waals surface area contributed by atoms with Crippen LogP contribution in [0, 0.1) is 0 Å². The van der Waals surface area contributed by atoms with Crippen molar-refractivity contribution in [1.29, 1.82) is 0 Å². The predicted molar refractivity (Wildman–Crippen MR) is 93.2 cm³/mol. The van der Waals surface area contributed by atoms with Gasteiger partial charge in [-0.25, -0.2) is 4.98 Å². The lowest BCUT2D eigenvalue weighted by atomic mass is 10.1. The van der Waals surface area contributed by atoms with E-state index < -0.39 is 0 Å². The number of aromatic nitrogens is 1. The summed E-state index contributed by atoms with van der Waals surface area (Å²) in [6.45, 7) is 0.293. The average molecular weight is 354 g/mol. The van der Waals surface area contributed by atoms with E-state index in [-0.39, 0.29) is 18.3 Å². The molecule has 8 heteroatoms. The molecule has 0 radical (unpaired) electrons. The summed E-state index contributed by atoms with van der Waals surface area (Å²) in [4.78, 5) is 16.0. The number of amides is 1. The molecular formula is C16H20ClN3O4. The van der Waals surface area contributed by atoms with Gasteiger partial charge in [0.05, 0.1) is 33.2 Å². The van der Waals surface area contributed by atoms with E-state index in [0.717, 1.165) is 5.56 Å². The second-order valence-electron chi connectivity index (χ2n) is 4.69. The molecule has 0 fully saturated rings. The van der Waals surface area contributed by atoms with Crippen molar-refractivity contribution < 1.29 is 19.0 Å². The molecule has 130 valence electrons. The van der Waals surface area contributed by atoms with Crippen LogP contribution in [0.4, 0.5) is 5.69 Å². The topological polar surface area (TPSA) is 95.7 Å². The molecule has 0 saturated heterocycles. The third-order valence-electron chi connectivity index (χ3n) is 3.20. The highest BCUT2D eigenvalue weighted by Crippen LogP contribution is 2.38. The van der Waals surface area contributed by atoms with Gasteiger partial charge in [0.2, 0.25) is 5.75 Å². The van der Waals surface area contributed by atoms with Gasteiger partial charge in [0.15, 0.2) is 11.5 Å². The standard InChI is InChI=1S/C16H19N3O4.ClH/c1-21-13-6-10(7-14(22-2)15(13)23-3)8-19-16(20)12-5-4-11(17)9-18-12;/h4-7,9H,8,17H2,1-3H3,(H,19,20);1H. The van der Waals surface area contributed by atoms with Crippen LogP contribution >= 0.6 is 12.4 Å². The number of rotatable bonds is 6. The fourth-order valence-electron chi connectivity index (χ4n) is 2.05. The molecule has 3 N–H and O–H groups in total. The van der Waals surface area contributed by atoms with Crippen molar-refractivity contribution in [2.45, 2.75) is 6.54 Å².